The van der Waals surface area contributed by atoms with Crippen molar-refractivity contribution in [3.8, 4) is 16.9 Å². The molecular weight excluding hydrogens is 574 g/mol. The quantitative estimate of drug-likeness (QED) is 0.274. The highest BCUT2D eigenvalue weighted by Crippen LogP contribution is 2.42. The van der Waals surface area contributed by atoms with Crippen molar-refractivity contribution in [2.24, 2.45) is 0 Å². The predicted molar refractivity (Wildman–Crippen MR) is 161 cm³/mol. The van der Waals surface area contributed by atoms with Crippen LogP contribution in [0, 0.1) is 11.6 Å². The third kappa shape index (κ3) is 4.44. The van der Waals surface area contributed by atoms with Gasteiger partial charge in [-0.05, 0) is 36.6 Å². The van der Waals surface area contributed by atoms with Gasteiger partial charge in [0, 0.05) is 31.1 Å². The minimum absolute atomic E-state index is 0.0164. The lowest BCUT2D eigenvalue weighted by atomic mass is 10.1. The van der Waals surface area contributed by atoms with Gasteiger partial charge in [0.1, 0.15) is 34.4 Å². The van der Waals surface area contributed by atoms with E-state index in [1.165, 1.54) is 40.9 Å². The zero-order valence-electron chi connectivity index (χ0n) is 23.5. The van der Waals surface area contributed by atoms with Gasteiger partial charge in [0.15, 0.2) is 11.5 Å². The number of hydrogen-bond acceptors (Lipinski definition) is 9. The molecule has 1 saturated heterocycles. The molecule has 0 radical (unpaired) electrons. The van der Waals surface area contributed by atoms with Gasteiger partial charge in [-0.25, -0.2) is 33.1 Å². The molecular formula is C30H28F2N8O2S. The van der Waals surface area contributed by atoms with Crippen LogP contribution in [0.25, 0.3) is 28.0 Å². The van der Waals surface area contributed by atoms with E-state index < -0.39 is 17.3 Å². The Morgan fingerprint density at radius 1 is 1.16 bits per heavy atom. The molecule has 5 heterocycles. The summed E-state index contributed by atoms with van der Waals surface area (Å²) in [5, 5.41) is 4.07. The fourth-order valence-corrected chi connectivity index (χ4v) is 6.95. The van der Waals surface area contributed by atoms with Gasteiger partial charge in [0.2, 0.25) is 5.91 Å². The minimum atomic E-state index is -0.748. The number of thioether (sulfide) groups is 1. The number of nitrogens with one attached hydrogen (secondary N) is 1. The molecule has 4 aromatic rings. The normalized spacial score (nSPS) is 19.2. The molecule has 2 aliphatic heterocycles. The lowest BCUT2D eigenvalue weighted by Gasteiger charge is -2.35. The van der Waals surface area contributed by atoms with Crippen molar-refractivity contribution in [3.05, 3.63) is 71.1 Å². The Morgan fingerprint density at radius 3 is 2.79 bits per heavy atom. The maximum absolute atomic E-state index is 16.1. The molecule has 2 bridgehead atoms. The van der Waals surface area contributed by atoms with Crippen LogP contribution in [0.4, 0.5) is 20.3 Å². The summed E-state index contributed by atoms with van der Waals surface area (Å²) < 4.78 is 32.9. The number of pyridine rings is 1. The molecule has 1 N–H and O–H groups in total. The van der Waals surface area contributed by atoms with Gasteiger partial charge in [-0.2, -0.15) is 4.98 Å². The summed E-state index contributed by atoms with van der Waals surface area (Å²) in [7, 11) is 0. The number of nitrogens with zero attached hydrogens (tertiary/aromatic N) is 7. The Bertz CT molecular complexity index is 1880. The second-order valence-electron chi connectivity index (χ2n) is 11.0. The number of anilines is 2. The number of benzene rings is 1. The van der Waals surface area contributed by atoms with Crippen molar-refractivity contribution in [1.82, 2.24) is 29.4 Å². The summed E-state index contributed by atoms with van der Waals surface area (Å²) in [6, 6.07) is 5.62. The fraction of sp³-hybridized carbons (Fsp3) is 0.333. The van der Waals surface area contributed by atoms with Crippen LogP contribution in [0.3, 0.4) is 0 Å². The van der Waals surface area contributed by atoms with Gasteiger partial charge in [-0.1, -0.05) is 26.5 Å². The second kappa shape index (κ2) is 10.4. The first-order valence-electron chi connectivity index (χ1n) is 14.1. The van der Waals surface area contributed by atoms with E-state index in [0.717, 1.165) is 0 Å². The summed E-state index contributed by atoms with van der Waals surface area (Å²) in [5.41, 5.74) is 0.697. The molecule has 43 heavy (non-hydrogen) atoms. The van der Waals surface area contributed by atoms with Crippen molar-refractivity contribution in [1.29, 1.82) is 0 Å². The van der Waals surface area contributed by atoms with E-state index in [2.05, 4.69) is 26.8 Å². The number of piperazine rings is 1. The van der Waals surface area contributed by atoms with E-state index in [4.69, 9.17) is 4.98 Å². The topological polar surface area (TPSA) is 109 Å². The summed E-state index contributed by atoms with van der Waals surface area (Å²) in [6.45, 7) is 8.74. The van der Waals surface area contributed by atoms with Gasteiger partial charge < -0.3 is 15.1 Å². The third-order valence-corrected chi connectivity index (χ3v) is 9.11. The fourth-order valence-electron chi connectivity index (χ4n) is 6.10. The SMILES string of the molecule is C=CC(=O)N1CCN(c2nc(=O)n3c4nc(c(F)cc24)-c2c(F)cccc2NCCSc2ncnc(C(C)C)c2-3)C2C[C@H]21. The molecule has 1 saturated carbocycles. The average molecular weight is 603 g/mol. The molecule has 2 atom stereocenters. The van der Waals surface area contributed by atoms with E-state index in [9.17, 15) is 9.59 Å². The monoisotopic (exact) mass is 602 g/mol. The molecule has 1 aromatic carbocycles. The molecule has 1 unspecified atom stereocenters. The van der Waals surface area contributed by atoms with E-state index in [1.807, 2.05) is 18.7 Å². The van der Waals surface area contributed by atoms with Crippen LogP contribution in [0.1, 0.15) is 31.9 Å². The average Bonchev–Trinajstić information content (AvgIpc) is 3.79. The molecule has 0 spiro atoms. The van der Waals surface area contributed by atoms with Crippen molar-refractivity contribution in [2.75, 3.05) is 35.6 Å². The third-order valence-electron chi connectivity index (χ3n) is 8.13. The van der Waals surface area contributed by atoms with E-state index in [-0.39, 0.29) is 46.6 Å². The predicted octanol–water partition coefficient (Wildman–Crippen LogP) is 4.13. The number of hydrogen-bond donors (Lipinski definition) is 1. The molecule has 1 aliphatic carbocycles. The van der Waals surface area contributed by atoms with Crippen LogP contribution in [-0.4, -0.2) is 72.8 Å². The number of carbonyl (C=O) groups excluding carboxylic acids is 1. The van der Waals surface area contributed by atoms with E-state index >= 15 is 8.78 Å². The number of rotatable bonds is 3. The molecule has 10 nitrogen and oxygen atoms in total. The van der Waals surface area contributed by atoms with E-state index in [0.29, 0.717) is 59.3 Å². The zero-order chi connectivity index (χ0) is 30.0. The Hall–Kier alpha value is -4.39. The summed E-state index contributed by atoms with van der Waals surface area (Å²) in [6.07, 6.45) is 3.45. The molecule has 2 fully saturated rings. The van der Waals surface area contributed by atoms with Crippen LogP contribution >= 0.6 is 11.8 Å². The first-order valence-corrected chi connectivity index (χ1v) is 15.1. The highest BCUT2D eigenvalue weighted by Gasteiger charge is 2.51. The maximum atomic E-state index is 16.1. The van der Waals surface area contributed by atoms with Gasteiger partial charge in [0.25, 0.3) is 0 Å². The maximum Gasteiger partial charge on any atom is 0.355 e. The van der Waals surface area contributed by atoms with Crippen LogP contribution in [0.15, 0.2) is 53.1 Å². The first kappa shape index (κ1) is 27.4. The van der Waals surface area contributed by atoms with Gasteiger partial charge in [0.05, 0.1) is 28.7 Å². The highest BCUT2D eigenvalue weighted by atomic mass is 32.2. The number of amides is 1. The Balaban J connectivity index is 1.53. The molecule has 7 rings (SSSR count). The zero-order valence-corrected chi connectivity index (χ0v) is 24.4. The van der Waals surface area contributed by atoms with Crippen LogP contribution in [0.2, 0.25) is 0 Å². The first-order chi connectivity index (χ1) is 20.8. The smallest absolute Gasteiger partial charge is 0.355 e. The van der Waals surface area contributed by atoms with Gasteiger partial charge >= 0.3 is 5.69 Å². The molecule has 3 aromatic heterocycles. The van der Waals surface area contributed by atoms with Gasteiger partial charge in [-0.15, -0.1) is 11.8 Å². The summed E-state index contributed by atoms with van der Waals surface area (Å²) in [4.78, 5) is 48.4. The molecule has 1 amide bonds. The number of halogens is 2. The van der Waals surface area contributed by atoms with Crippen molar-refractivity contribution < 1.29 is 13.6 Å². The molecule has 220 valence electrons. The standard InChI is InChI=1S/C30H28F2N8O2S/c1-4-22(41)38-9-10-39(21-13-20(21)38)27-16-12-18(32)25-23-17(31)6-5-7-19(23)33-8-11-43-29-26(24(15(2)3)34-14-35-29)40(28(16)36-25)30(42)37-27/h4-7,12,14-15,20-21,33H,1,8-11,13H2,2-3H3/t20-,21?/m1/s1. The Morgan fingerprint density at radius 2 is 2.00 bits per heavy atom. The summed E-state index contributed by atoms with van der Waals surface area (Å²) >= 11 is 1.43. The molecule has 13 heteroatoms. The molecule has 3 aliphatic rings. The highest BCUT2D eigenvalue weighted by molar-refractivity contribution is 7.99. The lowest BCUT2D eigenvalue weighted by Crippen LogP contribution is -2.49. The summed E-state index contributed by atoms with van der Waals surface area (Å²) in [5.74, 6) is -0.819. The number of fused-ring (bicyclic) bond motifs is 6. The number of aromatic nitrogens is 5. The minimum Gasteiger partial charge on any atom is -0.384 e. The largest absolute Gasteiger partial charge is 0.384 e. The lowest BCUT2D eigenvalue weighted by molar-refractivity contribution is -0.126. The van der Waals surface area contributed by atoms with Gasteiger partial charge in [-0.3, -0.25) is 4.79 Å². The van der Waals surface area contributed by atoms with Crippen molar-refractivity contribution in [3.63, 3.8) is 0 Å². The second-order valence-corrected chi connectivity index (χ2v) is 12.1. The Kier molecular flexibility index (Phi) is 6.64. The van der Waals surface area contributed by atoms with Crippen molar-refractivity contribution in [2.45, 2.75) is 43.3 Å². The van der Waals surface area contributed by atoms with Crippen molar-refractivity contribution >= 4 is 40.2 Å². The van der Waals surface area contributed by atoms with E-state index in [1.54, 1.807) is 17.0 Å². The van der Waals surface area contributed by atoms with Crippen LogP contribution in [0.5, 0.6) is 0 Å². The van der Waals surface area contributed by atoms with Crippen LogP contribution < -0.4 is 15.9 Å². The Labute approximate surface area is 249 Å². The number of carbonyl (C=O) groups is 1. The van der Waals surface area contributed by atoms with Crippen LogP contribution in [-0.2, 0) is 4.79 Å².